The van der Waals surface area contributed by atoms with E-state index in [0.717, 1.165) is 5.56 Å². The molecule has 1 saturated heterocycles. The number of ether oxygens (including phenoxy) is 4. The number of carbonyl (C=O) groups excluding carboxylic acids is 2. The first-order valence-electron chi connectivity index (χ1n) is 13.1. The van der Waals surface area contributed by atoms with Crippen LogP contribution in [0.4, 0.5) is 0 Å². The molecule has 39 heavy (non-hydrogen) atoms. The van der Waals surface area contributed by atoms with Crippen molar-refractivity contribution in [1.82, 2.24) is 4.90 Å². The Bertz CT molecular complexity index is 1400. The lowest BCUT2D eigenvalue weighted by Gasteiger charge is -2.26. The minimum Gasteiger partial charge on any atom is -0.507 e. The number of carbonyl (C=O) groups is 2. The Kier molecular flexibility index (Phi) is 7.72. The maximum atomic E-state index is 13.5. The van der Waals surface area contributed by atoms with E-state index in [1.54, 1.807) is 36.4 Å². The van der Waals surface area contributed by atoms with Crippen molar-refractivity contribution < 1.29 is 33.6 Å². The monoisotopic (exact) mass is 529 g/mol. The molecule has 0 spiro atoms. The van der Waals surface area contributed by atoms with E-state index < -0.39 is 17.7 Å². The quantitative estimate of drug-likeness (QED) is 0.239. The Morgan fingerprint density at radius 2 is 1.62 bits per heavy atom. The Morgan fingerprint density at radius 1 is 0.897 bits per heavy atom. The number of benzene rings is 3. The zero-order valence-corrected chi connectivity index (χ0v) is 22.0. The zero-order valence-electron chi connectivity index (χ0n) is 22.0. The molecule has 1 N–H and O–H groups in total. The molecule has 0 aliphatic carbocycles. The first-order valence-corrected chi connectivity index (χ1v) is 13.1. The average molecular weight is 530 g/mol. The average Bonchev–Trinajstić information content (AvgIpc) is 3.22. The number of fused-ring (bicyclic) bond motifs is 1. The van der Waals surface area contributed by atoms with Crippen LogP contribution in [0.25, 0.3) is 5.76 Å². The lowest BCUT2D eigenvalue weighted by atomic mass is 9.94. The lowest BCUT2D eigenvalue weighted by Crippen LogP contribution is -2.31. The number of rotatable bonds is 9. The third-order valence-corrected chi connectivity index (χ3v) is 6.72. The van der Waals surface area contributed by atoms with Gasteiger partial charge in [-0.1, -0.05) is 36.4 Å². The molecule has 5 rings (SSSR count). The van der Waals surface area contributed by atoms with Gasteiger partial charge in [-0.15, -0.1) is 0 Å². The fourth-order valence-corrected chi connectivity index (χ4v) is 4.94. The largest absolute Gasteiger partial charge is 0.507 e. The van der Waals surface area contributed by atoms with Gasteiger partial charge >= 0.3 is 0 Å². The van der Waals surface area contributed by atoms with Gasteiger partial charge in [-0.2, -0.15) is 0 Å². The molecule has 0 bridgehead atoms. The fourth-order valence-electron chi connectivity index (χ4n) is 4.94. The standard InChI is InChI=1S/C31H31NO7/c1-3-36-23-12-10-21(18-25(23)37-4-2)28-27(29(33)22-11-13-24-26(19-22)39-17-16-38-24)30(34)31(35)32(28)15-14-20-8-6-5-7-9-20/h5-13,18-19,28,33H,3-4,14-17H2,1-2H3/t28-/m0/s1. The van der Waals surface area contributed by atoms with Crippen LogP contribution in [0.15, 0.2) is 72.3 Å². The normalized spacial score (nSPS) is 17.8. The molecule has 2 aliphatic heterocycles. The Morgan fingerprint density at radius 3 is 2.36 bits per heavy atom. The molecule has 2 aliphatic rings. The van der Waals surface area contributed by atoms with Crippen LogP contribution in [0.3, 0.4) is 0 Å². The van der Waals surface area contributed by atoms with Crippen molar-refractivity contribution >= 4 is 17.4 Å². The second kappa shape index (κ2) is 11.5. The van der Waals surface area contributed by atoms with Crippen molar-refractivity contribution in [1.29, 1.82) is 0 Å². The second-order valence-corrected chi connectivity index (χ2v) is 9.16. The topological polar surface area (TPSA) is 94.5 Å². The van der Waals surface area contributed by atoms with Crippen LogP contribution >= 0.6 is 0 Å². The summed E-state index contributed by atoms with van der Waals surface area (Å²) >= 11 is 0. The number of aliphatic hydroxyl groups excluding tert-OH is 1. The van der Waals surface area contributed by atoms with E-state index in [-0.39, 0.29) is 17.9 Å². The summed E-state index contributed by atoms with van der Waals surface area (Å²) in [5, 5.41) is 11.5. The predicted octanol–water partition coefficient (Wildman–Crippen LogP) is 4.92. The third-order valence-electron chi connectivity index (χ3n) is 6.72. The van der Waals surface area contributed by atoms with Gasteiger partial charge < -0.3 is 29.0 Å². The molecule has 8 heteroatoms. The van der Waals surface area contributed by atoms with Crippen molar-refractivity contribution in [2.24, 2.45) is 0 Å². The minimum absolute atomic E-state index is 0.0105. The van der Waals surface area contributed by atoms with E-state index in [1.807, 2.05) is 44.2 Å². The number of Topliss-reactive ketones (excluding diaryl/α,β-unsaturated/α-hetero) is 1. The molecule has 0 radical (unpaired) electrons. The first kappa shape index (κ1) is 26.2. The van der Waals surface area contributed by atoms with E-state index in [0.29, 0.717) is 67.0 Å². The maximum Gasteiger partial charge on any atom is 0.295 e. The molecule has 0 aromatic heterocycles. The van der Waals surface area contributed by atoms with Gasteiger partial charge in [-0.25, -0.2) is 0 Å². The van der Waals surface area contributed by atoms with Gasteiger partial charge in [-0.05, 0) is 61.7 Å². The molecule has 1 amide bonds. The van der Waals surface area contributed by atoms with Crippen molar-refractivity contribution in [3.05, 3.63) is 89.0 Å². The van der Waals surface area contributed by atoms with Crippen LogP contribution < -0.4 is 18.9 Å². The fraction of sp³-hybridized carbons (Fsp3) is 0.290. The zero-order chi connectivity index (χ0) is 27.4. The van der Waals surface area contributed by atoms with Gasteiger partial charge in [0.15, 0.2) is 23.0 Å². The van der Waals surface area contributed by atoms with Crippen molar-refractivity contribution in [3.63, 3.8) is 0 Å². The minimum atomic E-state index is -0.822. The van der Waals surface area contributed by atoms with Crippen molar-refractivity contribution in [3.8, 4) is 23.0 Å². The highest BCUT2D eigenvalue weighted by atomic mass is 16.6. The van der Waals surface area contributed by atoms with Crippen LogP contribution in [0.5, 0.6) is 23.0 Å². The Hall–Kier alpha value is -4.46. The maximum absolute atomic E-state index is 13.5. The summed E-state index contributed by atoms with van der Waals surface area (Å²) in [7, 11) is 0. The molecule has 202 valence electrons. The van der Waals surface area contributed by atoms with Gasteiger partial charge in [-0.3, -0.25) is 9.59 Å². The van der Waals surface area contributed by atoms with Crippen LogP contribution in [0.1, 0.15) is 36.6 Å². The Labute approximate surface area is 227 Å². The van der Waals surface area contributed by atoms with Crippen molar-refractivity contribution in [2.45, 2.75) is 26.3 Å². The summed E-state index contributed by atoms with van der Waals surface area (Å²) in [5.74, 6) is 0.421. The summed E-state index contributed by atoms with van der Waals surface area (Å²) in [5.41, 5.74) is 2.04. The van der Waals surface area contributed by atoms with Gasteiger partial charge in [0.2, 0.25) is 0 Å². The summed E-state index contributed by atoms with van der Waals surface area (Å²) in [6.45, 7) is 5.73. The number of amides is 1. The molecule has 2 heterocycles. The molecule has 1 atom stereocenters. The van der Waals surface area contributed by atoms with E-state index >= 15 is 0 Å². The second-order valence-electron chi connectivity index (χ2n) is 9.16. The number of hydrogen-bond donors (Lipinski definition) is 1. The summed E-state index contributed by atoms with van der Waals surface area (Å²) < 4.78 is 22.8. The van der Waals surface area contributed by atoms with Crippen LogP contribution in [0, 0.1) is 0 Å². The molecule has 0 unspecified atom stereocenters. The lowest BCUT2D eigenvalue weighted by molar-refractivity contribution is -0.139. The van der Waals surface area contributed by atoms with Crippen LogP contribution in [-0.4, -0.2) is 54.7 Å². The highest BCUT2D eigenvalue weighted by Gasteiger charge is 2.46. The SMILES string of the molecule is CCOc1ccc([C@H]2C(=C(O)c3ccc4c(c3)OCCO4)C(=O)C(=O)N2CCc2ccccc2)cc1OCC. The molecular formula is C31H31NO7. The van der Waals surface area contributed by atoms with Crippen LogP contribution in [-0.2, 0) is 16.0 Å². The van der Waals surface area contributed by atoms with Crippen LogP contribution in [0.2, 0.25) is 0 Å². The van der Waals surface area contributed by atoms with Gasteiger partial charge in [0.25, 0.3) is 11.7 Å². The van der Waals surface area contributed by atoms with Gasteiger partial charge in [0.1, 0.15) is 19.0 Å². The molecule has 0 saturated carbocycles. The number of aliphatic hydroxyl groups is 1. The number of ketones is 1. The van der Waals surface area contributed by atoms with E-state index in [9.17, 15) is 14.7 Å². The highest BCUT2D eigenvalue weighted by Crippen LogP contribution is 2.43. The molecule has 1 fully saturated rings. The van der Waals surface area contributed by atoms with Gasteiger partial charge in [0, 0.05) is 12.1 Å². The summed E-state index contributed by atoms with van der Waals surface area (Å²) in [6.07, 6.45) is 0.545. The van der Waals surface area contributed by atoms with Gasteiger partial charge in [0.05, 0.1) is 24.8 Å². The van der Waals surface area contributed by atoms with Crippen molar-refractivity contribution in [2.75, 3.05) is 33.0 Å². The predicted molar refractivity (Wildman–Crippen MR) is 145 cm³/mol. The van der Waals surface area contributed by atoms with E-state index in [2.05, 4.69) is 0 Å². The third kappa shape index (κ3) is 5.27. The van der Waals surface area contributed by atoms with E-state index in [1.165, 1.54) is 4.90 Å². The molecular weight excluding hydrogens is 498 g/mol. The Balaban J connectivity index is 1.60. The summed E-state index contributed by atoms with van der Waals surface area (Å²) in [4.78, 5) is 28.4. The first-order chi connectivity index (χ1) is 19.0. The smallest absolute Gasteiger partial charge is 0.295 e. The number of hydrogen-bond acceptors (Lipinski definition) is 7. The highest BCUT2D eigenvalue weighted by molar-refractivity contribution is 6.46. The molecule has 8 nitrogen and oxygen atoms in total. The number of likely N-dealkylation sites (tertiary alicyclic amines) is 1. The van der Waals surface area contributed by atoms with E-state index in [4.69, 9.17) is 18.9 Å². The number of nitrogens with zero attached hydrogens (tertiary/aromatic N) is 1. The molecule has 3 aromatic rings. The molecule has 3 aromatic carbocycles. The summed E-state index contributed by atoms with van der Waals surface area (Å²) in [6, 6.07) is 19.2.